The largest absolute Gasteiger partial charge is 0.310 e. The van der Waals surface area contributed by atoms with E-state index in [9.17, 15) is 0 Å². The second-order valence-corrected chi connectivity index (χ2v) is 21.2. The summed E-state index contributed by atoms with van der Waals surface area (Å²) in [5, 5.41) is 2.68. The van der Waals surface area contributed by atoms with E-state index >= 15 is 0 Å². The van der Waals surface area contributed by atoms with Gasteiger partial charge in [0, 0.05) is 42.6 Å². The fourth-order valence-corrected chi connectivity index (χ4v) is 12.7. The van der Waals surface area contributed by atoms with E-state index in [0.29, 0.717) is 0 Å². The summed E-state index contributed by atoms with van der Waals surface area (Å²) in [5.41, 5.74) is 23.2. The summed E-state index contributed by atoms with van der Waals surface area (Å²) in [6, 6.07) is 75.8. The second-order valence-electron chi connectivity index (χ2n) is 20.1. The normalized spacial score (nSPS) is 14.1. The minimum atomic E-state index is -0.158. The lowest BCUT2D eigenvalue weighted by molar-refractivity contribution is 0.660. The molecule has 3 aliphatic rings. The van der Waals surface area contributed by atoms with Crippen LogP contribution < -0.4 is 4.90 Å². The summed E-state index contributed by atoms with van der Waals surface area (Å²) in [5.74, 6) is 0. The molecule has 360 valence electrons. The smallest absolute Gasteiger partial charge is 0.0586 e. The Morgan fingerprint density at radius 2 is 0.946 bits per heavy atom. The number of rotatable bonds is 7. The molecular weight excluding hydrogens is 911 g/mol. The Hall–Kier alpha value is -8.30. The number of hydrogen-bond donors (Lipinski definition) is 0. The molecule has 3 aliphatic carbocycles. The summed E-state index contributed by atoms with van der Waals surface area (Å²) >= 11 is 1.87. The highest BCUT2D eigenvalue weighted by Crippen LogP contribution is 2.54. The van der Waals surface area contributed by atoms with Crippen molar-refractivity contribution in [1.29, 1.82) is 0 Å². The van der Waals surface area contributed by atoms with E-state index in [1.165, 1.54) is 104 Å². The molecule has 0 bridgehead atoms. The fraction of sp³-hybridized carbons (Fsp3) is 0.111. The number of benzene rings is 9. The van der Waals surface area contributed by atoms with Gasteiger partial charge in [0.25, 0.3) is 0 Å². The molecule has 0 N–H and O–H groups in total. The number of nitrogens with zero attached hydrogens (tertiary/aromatic N) is 1. The highest BCUT2D eigenvalue weighted by atomic mass is 32.1. The summed E-state index contributed by atoms with van der Waals surface area (Å²) in [7, 11) is 0. The van der Waals surface area contributed by atoms with Crippen LogP contribution in [-0.2, 0) is 10.8 Å². The van der Waals surface area contributed by atoms with Crippen molar-refractivity contribution in [2.75, 3.05) is 4.90 Å². The van der Waals surface area contributed by atoms with E-state index in [4.69, 9.17) is 0 Å². The average molecular weight is 972 g/mol. The maximum atomic E-state index is 3.46. The number of thiophene rings is 1. The van der Waals surface area contributed by atoms with Crippen LogP contribution in [0.3, 0.4) is 0 Å². The zero-order valence-corrected chi connectivity index (χ0v) is 44.1. The summed E-state index contributed by atoms with van der Waals surface area (Å²) in [4.78, 5) is 2.39. The third-order valence-electron chi connectivity index (χ3n) is 15.2. The highest BCUT2D eigenvalue weighted by Gasteiger charge is 2.41. The monoisotopic (exact) mass is 971 g/mol. The lowest BCUT2D eigenvalue weighted by atomic mass is 9.78. The lowest BCUT2D eigenvalue weighted by Crippen LogP contribution is -2.18. The van der Waals surface area contributed by atoms with Gasteiger partial charge in [-0.3, -0.25) is 0 Å². The molecular formula is C72H61NS. The summed E-state index contributed by atoms with van der Waals surface area (Å²) in [6.45, 7) is 16.7. The third kappa shape index (κ3) is 8.59. The quantitative estimate of drug-likeness (QED) is 0.144. The van der Waals surface area contributed by atoms with E-state index < -0.39 is 0 Å². The van der Waals surface area contributed by atoms with Crippen LogP contribution in [0.4, 0.5) is 17.1 Å². The first kappa shape index (κ1) is 48.0. The van der Waals surface area contributed by atoms with Crippen molar-refractivity contribution in [3.05, 3.63) is 288 Å². The van der Waals surface area contributed by atoms with Gasteiger partial charge in [-0.15, -0.1) is 11.3 Å². The number of fused-ring (bicyclic) bond motifs is 10. The second kappa shape index (κ2) is 20.0. The topological polar surface area (TPSA) is 3.24 Å². The SMILES string of the molecule is C/C=C/c1ccc(N(c2ccc(-c3ccccc3)cc2)c2ccc3c(c2)C(C)(C)c2cc(-c4ccc5sc6ccccc6c5c4)ccc2-3)cc1.C=C/C=C\C.CC1=CC2(C=C(C)c3ccccc32)c2ccccc21. The first-order valence-corrected chi connectivity index (χ1v) is 26.7. The number of anilines is 3. The van der Waals surface area contributed by atoms with Crippen LogP contribution in [0.25, 0.3) is 70.8 Å². The van der Waals surface area contributed by atoms with E-state index in [0.717, 1.165) is 17.1 Å². The zero-order chi connectivity index (χ0) is 51.0. The molecule has 0 saturated carbocycles. The van der Waals surface area contributed by atoms with Crippen molar-refractivity contribution >= 4 is 65.8 Å². The molecule has 1 spiro atoms. The minimum absolute atomic E-state index is 0.0264. The van der Waals surface area contributed by atoms with Crippen LogP contribution in [0.2, 0.25) is 0 Å². The molecule has 9 aromatic carbocycles. The fourth-order valence-electron chi connectivity index (χ4n) is 11.6. The Morgan fingerprint density at radius 1 is 0.432 bits per heavy atom. The van der Waals surface area contributed by atoms with Gasteiger partial charge >= 0.3 is 0 Å². The van der Waals surface area contributed by atoms with Crippen molar-refractivity contribution in [2.24, 2.45) is 0 Å². The van der Waals surface area contributed by atoms with Crippen LogP contribution in [0, 0.1) is 0 Å². The van der Waals surface area contributed by atoms with Crippen LogP contribution in [0.15, 0.2) is 249 Å². The molecule has 13 rings (SSSR count). The molecule has 0 fully saturated rings. The van der Waals surface area contributed by atoms with Gasteiger partial charge in [0.15, 0.2) is 0 Å². The van der Waals surface area contributed by atoms with E-state index in [-0.39, 0.29) is 10.8 Å². The van der Waals surface area contributed by atoms with E-state index in [1.807, 2.05) is 30.4 Å². The Kier molecular flexibility index (Phi) is 12.9. The molecule has 0 atom stereocenters. The van der Waals surface area contributed by atoms with Gasteiger partial charge in [0.1, 0.15) is 0 Å². The van der Waals surface area contributed by atoms with Gasteiger partial charge < -0.3 is 4.90 Å². The first-order valence-electron chi connectivity index (χ1n) is 25.8. The molecule has 0 saturated heterocycles. The molecule has 2 heteroatoms. The third-order valence-corrected chi connectivity index (χ3v) is 16.3. The molecule has 0 aliphatic heterocycles. The van der Waals surface area contributed by atoms with Gasteiger partial charge in [-0.1, -0.05) is 209 Å². The summed E-state index contributed by atoms with van der Waals surface area (Å²) in [6.07, 6.45) is 14.7. The van der Waals surface area contributed by atoms with Crippen molar-refractivity contribution in [3.63, 3.8) is 0 Å². The molecule has 1 heterocycles. The van der Waals surface area contributed by atoms with E-state index in [1.54, 1.807) is 6.08 Å². The Labute approximate surface area is 442 Å². The predicted octanol–water partition coefficient (Wildman–Crippen LogP) is 20.8. The zero-order valence-electron chi connectivity index (χ0n) is 43.2. The highest BCUT2D eigenvalue weighted by molar-refractivity contribution is 7.25. The van der Waals surface area contributed by atoms with Gasteiger partial charge in [-0.25, -0.2) is 0 Å². The molecule has 0 amide bonds. The standard InChI is InChI=1S/C48H37NS.C19H16.C5H8/c1-4-10-32-15-21-37(22-16-32)49(38-23-17-34(18-24-38)33-11-6-5-7-12-33)39-25-27-41-40-26-19-36(30-44(40)48(2,3)45(41)31-39)35-20-28-47-43(29-35)42-13-8-9-14-46(42)50-47;1-13-11-19(17-9-5-3-7-15(13)17)12-14(2)16-8-4-6-10-18(16)19;1-3-5-4-2/h4-31H,1-3H3;3-12H,1-2H3;3-5H,1H2,2H3/b10-4+;;5-4-. The molecule has 10 aromatic rings. The van der Waals surface area contributed by atoms with Crippen LogP contribution in [0.1, 0.15) is 80.5 Å². The van der Waals surface area contributed by atoms with Gasteiger partial charge in [0.05, 0.1) is 5.41 Å². The van der Waals surface area contributed by atoms with Crippen LogP contribution in [-0.4, -0.2) is 0 Å². The number of hydrogen-bond acceptors (Lipinski definition) is 2. The van der Waals surface area contributed by atoms with Crippen molar-refractivity contribution in [2.45, 2.75) is 52.4 Å². The minimum Gasteiger partial charge on any atom is -0.310 e. The first-order chi connectivity index (χ1) is 36.1. The Morgan fingerprint density at radius 3 is 1.58 bits per heavy atom. The molecule has 0 radical (unpaired) electrons. The maximum absolute atomic E-state index is 3.46. The van der Waals surface area contributed by atoms with Gasteiger partial charge in [0.2, 0.25) is 0 Å². The van der Waals surface area contributed by atoms with Crippen molar-refractivity contribution < 1.29 is 0 Å². The average Bonchev–Trinajstić information content (AvgIpc) is 4.12. The Bertz CT molecular complexity index is 3790. The molecule has 1 aromatic heterocycles. The molecule has 1 nitrogen and oxygen atoms in total. The predicted molar refractivity (Wildman–Crippen MR) is 323 cm³/mol. The van der Waals surface area contributed by atoms with Crippen molar-refractivity contribution in [3.8, 4) is 33.4 Å². The van der Waals surface area contributed by atoms with Crippen molar-refractivity contribution in [1.82, 2.24) is 0 Å². The lowest BCUT2D eigenvalue weighted by Gasteiger charge is -2.28. The number of allylic oxidation sites excluding steroid dienone is 8. The van der Waals surface area contributed by atoms with Gasteiger partial charge in [-0.2, -0.15) is 0 Å². The maximum Gasteiger partial charge on any atom is 0.0586 e. The Balaban J connectivity index is 0.000000201. The molecule has 0 unspecified atom stereocenters. The van der Waals surface area contributed by atoms with Crippen LogP contribution in [0.5, 0.6) is 0 Å². The van der Waals surface area contributed by atoms with E-state index in [2.05, 4.69) is 277 Å². The van der Waals surface area contributed by atoms with Crippen LogP contribution >= 0.6 is 11.3 Å². The van der Waals surface area contributed by atoms with Gasteiger partial charge in [-0.05, 0) is 172 Å². The summed E-state index contributed by atoms with van der Waals surface area (Å²) < 4.78 is 2.68. The molecule has 74 heavy (non-hydrogen) atoms.